The number of esters is 1. The van der Waals surface area contributed by atoms with E-state index in [1.165, 1.54) is 18.9 Å². The molecule has 1 aromatic heterocycles. The number of hydrogen-bond acceptors (Lipinski definition) is 4. The van der Waals surface area contributed by atoms with E-state index in [9.17, 15) is 4.79 Å². The van der Waals surface area contributed by atoms with Crippen molar-refractivity contribution in [3.63, 3.8) is 0 Å². The highest BCUT2D eigenvalue weighted by molar-refractivity contribution is 5.88. The van der Waals surface area contributed by atoms with Crippen molar-refractivity contribution >= 4 is 5.97 Å². The molecular formula is C16H17NO3. The molecule has 0 atom stereocenters. The summed E-state index contributed by atoms with van der Waals surface area (Å²) in [6.45, 7) is 4.42. The van der Waals surface area contributed by atoms with E-state index in [-0.39, 0.29) is 5.97 Å². The second-order valence-electron chi connectivity index (χ2n) is 4.59. The fraction of sp³-hybridized carbons (Fsp3) is 0.250. The number of rotatable bonds is 4. The van der Waals surface area contributed by atoms with Crippen LogP contribution in [0.25, 0.3) is 0 Å². The number of methoxy groups -OCH3 is 1. The quantitative estimate of drug-likeness (QED) is 0.802. The standard InChI is InChI=1S/C16H17NO3/c1-11-4-7-15(12(2)8-11)20-10-14-6-5-13(9-17-14)16(18)19-3/h4-9H,10H2,1-3H3. The molecule has 0 bridgehead atoms. The molecule has 1 heterocycles. The molecule has 0 unspecified atom stereocenters. The SMILES string of the molecule is COC(=O)c1ccc(COc2ccc(C)cc2C)nc1. The topological polar surface area (TPSA) is 48.4 Å². The Bertz CT molecular complexity index is 606. The molecule has 0 saturated heterocycles. The van der Waals surface area contributed by atoms with Crippen molar-refractivity contribution in [3.05, 3.63) is 58.9 Å². The minimum atomic E-state index is -0.389. The highest BCUT2D eigenvalue weighted by atomic mass is 16.5. The van der Waals surface area contributed by atoms with Gasteiger partial charge in [-0.2, -0.15) is 0 Å². The molecule has 2 aromatic rings. The molecule has 0 saturated carbocycles. The summed E-state index contributed by atoms with van der Waals surface area (Å²) in [6, 6.07) is 9.47. The van der Waals surface area contributed by atoms with Gasteiger partial charge in [-0.3, -0.25) is 4.98 Å². The summed E-state index contributed by atoms with van der Waals surface area (Å²) >= 11 is 0. The van der Waals surface area contributed by atoms with Crippen molar-refractivity contribution in [2.24, 2.45) is 0 Å². The van der Waals surface area contributed by atoms with Gasteiger partial charge in [0.05, 0.1) is 18.4 Å². The normalized spacial score (nSPS) is 10.2. The maximum absolute atomic E-state index is 11.3. The Morgan fingerprint density at radius 1 is 1.20 bits per heavy atom. The van der Waals surface area contributed by atoms with E-state index in [0.717, 1.165) is 17.0 Å². The molecule has 104 valence electrons. The third-order valence-electron chi connectivity index (χ3n) is 2.95. The van der Waals surface area contributed by atoms with Crippen LogP contribution in [0, 0.1) is 13.8 Å². The number of carbonyl (C=O) groups excluding carboxylic acids is 1. The Morgan fingerprint density at radius 2 is 2.00 bits per heavy atom. The first-order chi connectivity index (χ1) is 9.60. The summed E-state index contributed by atoms with van der Waals surface area (Å²) in [7, 11) is 1.35. The summed E-state index contributed by atoms with van der Waals surface area (Å²) in [5.41, 5.74) is 3.49. The van der Waals surface area contributed by atoms with Gasteiger partial charge in [0.25, 0.3) is 0 Å². The number of aromatic nitrogens is 1. The van der Waals surface area contributed by atoms with Crippen LogP contribution < -0.4 is 4.74 Å². The molecule has 20 heavy (non-hydrogen) atoms. The van der Waals surface area contributed by atoms with E-state index in [1.807, 2.05) is 26.0 Å². The van der Waals surface area contributed by atoms with Crippen molar-refractivity contribution < 1.29 is 14.3 Å². The van der Waals surface area contributed by atoms with Crippen LogP contribution >= 0.6 is 0 Å². The van der Waals surface area contributed by atoms with Crippen LogP contribution in [0.5, 0.6) is 5.75 Å². The first-order valence-electron chi connectivity index (χ1n) is 6.33. The summed E-state index contributed by atoms with van der Waals surface area (Å²) in [5, 5.41) is 0. The van der Waals surface area contributed by atoms with Crippen LogP contribution in [0.4, 0.5) is 0 Å². The van der Waals surface area contributed by atoms with E-state index in [1.54, 1.807) is 12.1 Å². The second-order valence-corrected chi connectivity index (χ2v) is 4.59. The van der Waals surface area contributed by atoms with Crippen LogP contribution in [-0.4, -0.2) is 18.1 Å². The third-order valence-corrected chi connectivity index (χ3v) is 2.95. The molecule has 2 rings (SSSR count). The fourth-order valence-electron chi connectivity index (χ4n) is 1.86. The van der Waals surface area contributed by atoms with Crippen molar-refractivity contribution in [2.45, 2.75) is 20.5 Å². The Balaban J connectivity index is 2.02. The Labute approximate surface area is 118 Å². The molecule has 0 aliphatic heterocycles. The second kappa shape index (κ2) is 6.19. The molecule has 4 nitrogen and oxygen atoms in total. The van der Waals surface area contributed by atoms with Crippen molar-refractivity contribution in [2.75, 3.05) is 7.11 Å². The lowest BCUT2D eigenvalue weighted by Gasteiger charge is -2.09. The lowest BCUT2D eigenvalue weighted by molar-refractivity contribution is 0.0600. The first-order valence-corrected chi connectivity index (χ1v) is 6.33. The van der Waals surface area contributed by atoms with Crippen LogP contribution in [0.2, 0.25) is 0 Å². The number of ether oxygens (including phenoxy) is 2. The molecule has 0 aliphatic rings. The van der Waals surface area contributed by atoms with Gasteiger partial charge in [-0.1, -0.05) is 17.7 Å². The maximum atomic E-state index is 11.3. The summed E-state index contributed by atoms with van der Waals surface area (Å²) in [5.74, 6) is 0.453. The van der Waals surface area contributed by atoms with Crippen molar-refractivity contribution in [3.8, 4) is 5.75 Å². The smallest absolute Gasteiger partial charge is 0.339 e. The number of benzene rings is 1. The Kier molecular flexibility index (Phi) is 4.35. The van der Waals surface area contributed by atoms with Gasteiger partial charge in [-0.25, -0.2) is 4.79 Å². The highest BCUT2D eigenvalue weighted by Gasteiger charge is 2.06. The zero-order valence-corrected chi connectivity index (χ0v) is 11.8. The van der Waals surface area contributed by atoms with Crippen LogP contribution in [-0.2, 0) is 11.3 Å². The largest absolute Gasteiger partial charge is 0.487 e. The lowest BCUT2D eigenvalue weighted by Crippen LogP contribution is -2.04. The molecule has 0 aliphatic carbocycles. The number of nitrogens with zero attached hydrogens (tertiary/aromatic N) is 1. The van der Waals surface area contributed by atoms with Crippen LogP contribution in [0.15, 0.2) is 36.5 Å². The number of hydrogen-bond donors (Lipinski definition) is 0. The Hall–Kier alpha value is -2.36. The number of carbonyl (C=O) groups is 1. The minimum Gasteiger partial charge on any atom is -0.487 e. The van der Waals surface area contributed by atoms with Gasteiger partial charge in [0.15, 0.2) is 0 Å². The fourth-order valence-corrected chi connectivity index (χ4v) is 1.86. The van der Waals surface area contributed by atoms with Gasteiger partial charge < -0.3 is 9.47 Å². The molecule has 0 amide bonds. The third kappa shape index (κ3) is 3.35. The summed E-state index contributed by atoms with van der Waals surface area (Å²) < 4.78 is 10.3. The predicted octanol–water partition coefficient (Wildman–Crippen LogP) is 3.06. The van der Waals surface area contributed by atoms with Gasteiger partial charge >= 0.3 is 5.97 Å². The molecule has 1 aromatic carbocycles. The maximum Gasteiger partial charge on any atom is 0.339 e. The van der Waals surface area contributed by atoms with Crippen LogP contribution in [0.1, 0.15) is 27.2 Å². The highest BCUT2D eigenvalue weighted by Crippen LogP contribution is 2.19. The van der Waals surface area contributed by atoms with E-state index < -0.39 is 0 Å². The van der Waals surface area contributed by atoms with Crippen molar-refractivity contribution in [1.29, 1.82) is 0 Å². The number of pyridine rings is 1. The minimum absolute atomic E-state index is 0.366. The molecule has 4 heteroatoms. The van der Waals surface area contributed by atoms with Gasteiger partial charge in [0.1, 0.15) is 12.4 Å². The summed E-state index contributed by atoms with van der Waals surface area (Å²) in [6.07, 6.45) is 1.49. The average Bonchev–Trinajstić information content (AvgIpc) is 2.46. The van der Waals surface area contributed by atoms with Gasteiger partial charge in [-0.05, 0) is 37.6 Å². The van der Waals surface area contributed by atoms with E-state index in [0.29, 0.717) is 12.2 Å². The van der Waals surface area contributed by atoms with Crippen molar-refractivity contribution in [1.82, 2.24) is 4.98 Å². The monoisotopic (exact) mass is 271 g/mol. The number of aryl methyl sites for hydroxylation is 2. The zero-order valence-electron chi connectivity index (χ0n) is 11.8. The molecule has 0 spiro atoms. The average molecular weight is 271 g/mol. The van der Waals surface area contributed by atoms with E-state index in [2.05, 4.69) is 15.8 Å². The summed E-state index contributed by atoms with van der Waals surface area (Å²) in [4.78, 5) is 15.5. The molecule has 0 N–H and O–H groups in total. The zero-order chi connectivity index (χ0) is 14.5. The van der Waals surface area contributed by atoms with E-state index >= 15 is 0 Å². The van der Waals surface area contributed by atoms with Crippen LogP contribution in [0.3, 0.4) is 0 Å². The predicted molar refractivity (Wildman–Crippen MR) is 75.8 cm³/mol. The van der Waals surface area contributed by atoms with Gasteiger partial charge in [0, 0.05) is 6.20 Å². The van der Waals surface area contributed by atoms with E-state index in [4.69, 9.17) is 4.74 Å². The molecule has 0 radical (unpaired) electrons. The lowest BCUT2D eigenvalue weighted by atomic mass is 10.1. The molecular weight excluding hydrogens is 254 g/mol. The van der Waals surface area contributed by atoms with Gasteiger partial charge in [0.2, 0.25) is 0 Å². The van der Waals surface area contributed by atoms with Gasteiger partial charge in [-0.15, -0.1) is 0 Å². The molecule has 0 fully saturated rings. The first kappa shape index (κ1) is 14.1. The Morgan fingerprint density at radius 3 is 2.60 bits per heavy atom.